The zero-order chi connectivity index (χ0) is 6.85. The summed E-state index contributed by atoms with van der Waals surface area (Å²) in [6.45, 7) is 1.70. The zero-order valence-electron chi connectivity index (χ0n) is 5.33. The third-order valence-electron chi connectivity index (χ3n) is 0.978. The maximum absolute atomic E-state index is 10.2. The van der Waals surface area contributed by atoms with Crippen LogP contribution in [-0.4, -0.2) is 11.1 Å². The minimum atomic E-state index is -0.952. The smallest absolute Gasteiger partial charge is 0.338 e. The van der Waals surface area contributed by atoms with Crippen molar-refractivity contribution in [1.82, 2.24) is 0 Å². The second kappa shape index (κ2) is 3.27. The molecule has 0 aliphatic heterocycles. The number of halogens is 1. The van der Waals surface area contributed by atoms with E-state index in [4.69, 9.17) is 9.52 Å². The normalized spacial score (nSPS) is 8.50. The number of carboxylic acid groups (broad SMARTS) is 1. The van der Waals surface area contributed by atoms with Crippen molar-refractivity contribution in [3.63, 3.8) is 0 Å². The van der Waals surface area contributed by atoms with Crippen LogP contribution in [0.3, 0.4) is 0 Å². The fraction of sp³-hybridized carbons (Fsp3) is 0.167. The van der Waals surface area contributed by atoms with Crippen LogP contribution in [0.4, 0.5) is 0 Å². The van der Waals surface area contributed by atoms with Crippen LogP contribution in [0.15, 0.2) is 16.7 Å². The van der Waals surface area contributed by atoms with E-state index in [0.29, 0.717) is 5.76 Å². The molecule has 0 radical (unpaired) electrons. The lowest BCUT2D eigenvalue weighted by atomic mass is 10.3. The fourth-order valence-corrected chi connectivity index (χ4v) is 0.556. The average molecular weight is 163 g/mol. The van der Waals surface area contributed by atoms with Crippen LogP contribution in [0.5, 0.6) is 0 Å². The lowest BCUT2D eigenvalue weighted by molar-refractivity contribution is 0.0696. The minimum absolute atomic E-state index is 0. The molecule has 0 aliphatic carbocycles. The summed E-state index contributed by atoms with van der Waals surface area (Å²) < 4.78 is 4.74. The number of aryl methyl sites for hydroxylation is 1. The molecule has 3 nitrogen and oxygen atoms in total. The van der Waals surface area contributed by atoms with Crippen molar-refractivity contribution < 1.29 is 14.3 Å². The summed E-state index contributed by atoms with van der Waals surface area (Å²) in [6, 6.07) is 1.47. The SMILES string of the molecule is Cc1cc(C(=O)O)co1.Cl. The molecule has 0 saturated carbocycles. The van der Waals surface area contributed by atoms with Crippen LogP contribution in [0.1, 0.15) is 16.1 Å². The largest absolute Gasteiger partial charge is 0.478 e. The van der Waals surface area contributed by atoms with E-state index in [1.165, 1.54) is 12.3 Å². The lowest BCUT2D eigenvalue weighted by Gasteiger charge is -1.77. The summed E-state index contributed by atoms with van der Waals surface area (Å²) in [7, 11) is 0. The van der Waals surface area contributed by atoms with Crippen molar-refractivity contribution in [3.05, 3.63) is 23.7 Å². The van der Waals surface area contributed by atoms with Gasteiger partial charge in [-0.15, -0.1) is 12.4 Å². The van der Waals surface area contributed by atoms with Gasteiger partial charge in [0.2, 0.25) is 0 Å². The van der Waals surface area contributed by atoms with Crippen molar-refractivity contribution in [2.75, 3.05) is 0 Å². The Labute approximate surface area is 64.1 Å². The van der Waals surface area contributed by atoms with Gasteiger partial charge in [0.05, 0.1) is 5.56 Å². The molecule has 0 aromatic carbocycles. The molecule has 0 amide bonds. The first kappa shape index (κ1) is 9.04. The van der Waals surface area contributed by atoms with E-state index in [0.717, 1.165) is 0 Å². The Kier molecular flexibility index (Phi) is 2.96. The van der Waals surface area contributed by atoms with Gasteiger partial charge in [0.25, 0.3) is 0 Å². The number of furan rings is 1. The molecule has 1 aromatic rings. The first-order valence-corrected chi connectivity index (χ1v) is 2.48. The van der Waals surface area contributed by atoms with E-state index in [1.54, 1.807) is 6.92 Å². The maximum atomic E-state index is 10.2. The zero-order valence-corrected chi connectivity index (χ0v) is 6.14. The highest BCUT2D eigenvalue weighted by Crippen LogP contribution is 2.04. The van der Waals surface area contributed by atoms with Gasteiger partial charge in [-0.05, 0) is 13.0 Å². The Hall–Kier alpha value is -0.960. The predicted octanol–water partition coefficient (Wildman–Crippen LogP) is 1.71. The van der Waals surface area contributed by atoms with Gasteiger partial charge in [0.1, 0.15) is 12.0 Å². The van der Waals surface area contributed by atoms with E-state index in [1.807, 2.05) is 0 Å². The Morgan fingerprint density at radius 1 is 1.70 bits per heavy atom. The molecule has 1 rings (SSSR count). The molecule has 56 valence electrons. The van der Waals surface area contributed by atoms with Crippen LogP contribution < -0.4 is 0 Å². The van der Waals surface area contributed by atoms with Crippen molar-refractivity contribution in [2.45, 2.75) is 6.92 Å². The van der Waals surface area contributed by atoms with Crippen LogP contribution in [0, 0.1) is 6.92 Å². The summed E-state index contributed by atoms with van der Waals surface area (Å²) in [4.78, 5) is 10.2. The molecule has 0 fully saturated rings. The van der Waals surface area contributed by atoms with Gasteiger partial charge < -0.3 is 9.52 Å². The van der Waals surface area contributed by atoms with Crippen molar-refractivity contribution in [3.8, 4) is 0 Å². The van der Waals surface area contributed by atoms with Gasteiger partial charge in [0.15, 0.2) is 0 Å². The van der Waals surface area contributed by atoms with Gasteiger partial charge in [0, 0.05) is 0 Å². The highest BCUT2D eigenvalue weighted by Gasteiger charge is 2.03. The molecule has 4 heteroatoms. The minimum Gasteiger partial charge on any atom is -0.478 e. The standard InChI is InChI=1S/C6H6O3.ClH/c1-4-2-5(3-9-4)6(7)8;/h2-3H,1H3,(H,7,8);1H. The van der Waals surface area contributed by atoms with E-state index >= 15 is 0 Å². The Morgan fingerprint density at radius 3 is 2.50 bits per heavy atom. The average Bonchev–Trinajstić information content (AvgIpc) is 2.14. The molecular weight excluding hydrogens is 156 g/mol. The molecule has 0 bridgehead atoms. The van der Waals surface area contributed by atoms with E-state index in [-0.39, 0.29) is 18.0 Å². The number of carbonyl (C=O) groups is 1. The van der Waals surface area contributed by atoms with Crippen molar-refractivity contribution in [1.29, 1.82) is 0 Å². The van der Waals surface area contributed by atoms with Gasteiger partial charge in [-0.1, -0.05) is 0 Å². The molecule has 1 aromatic heterocycles. The second-order valence-corrected chi connectivity index (χ2v) is 1.75. The van der Waals surface area contributed by atoms with E-state index in [9.17, 15) is 4.79 Å². The summed E-state index contributed by atoms with van der Waals surface area (Å²) in [5.41, 5.74) is 0.201. The van der Waals surface area contributed by atoms with Gasteiger partial charge in [-0.3, -0.25) is 0 Å². The first-order chi connectivity index (χ1) is 4.20. The van der Waals surface area contributed by atoms with E-state index < -0.39 is 5.97 Å². The first-order valence-electron chi connectivity index (χ1n) is 2.48. The van der Waals surface area contributed by atoms with Gasteiger partial charge in [-0.25, -0.2) is 4.79 Å². The molecule has 1 N–H and O–H groups in total. The monoisotopic (exact) mass is 162 g/mol. The third kappa shape index (κ3) is 1.77. The Bertz CT molecular complexity index is 229. The van der Waals surface area contributed by atoms with E-state index in [2.05, 4.69) is 0 Å². The summed E-state index contributed by atoms with van der Waals surface area (Å²) in [5, 5.41) is 8.34. The highest BCUT2D eigenvalue weighted by atomic mass is 35.5. The summed E-state index contributed by atoms with van der Waals surface area (Å²) in [6.07, 6.45) is 1.22. The Balaban J connectivity index is 0.000000810. The third-order valence-corrected chi connectivity index (χ3v) is 0.978. The second-order valence-electron chi connectivity index (χ2n) is 1.75. The number of carboxylic acids is 1. The summed E-state index contributed by atoms with van der Waals surface area (Å²) >= 11 is 0. The molecule has 0 unspecified atom stereocenters. The molecule has 10 heavy (non-hydrogen) atoms. The molecule has 1 heterocycles. The van der Waals surface area contributed by atoms with Crippen molar-refractivity contribution >= 4 is 18.4 Å². The molecule has 0 spiro atoms. The van der Waals surface area contributed by atoms with Gasteiger partial charge >= 0.3 is 5.97 Å². The predicted molar refractivity (Wildman–Crippen MR) is 37.7 cm³/mol. The highest BCUT2D eigenvalue weighted by molar-refractivity contribution is 5.87. The van der Waals surface area contributed by atoms with Gasteiger partial charge in [-0.2, -0.15) is 0 Å². The quantitative estimate of drug-likeness (QED) is 0.684. The van der Waals surface area contributed by atoms with Crippen LogP contribution in [0.25, 0.3) is 0 Å². The number of rotatable bonds is 1. The maximum Gasteiger partial charge on any atom is 0.338 e. The Morgan fingerprint density at radius 2 is 2.30 bits per heavy atom. The number of hydrogen-bond donors (Lipinski definition) is 1. The topological polar surface area (TPSA) is 50.4 Å². The lowest BCUT2D eigenvalue weighted by Crippen LogP contribution is -1.91. The fourth-order valence-electron chi connectivity index (χ4n) is 0.556. The van der Waals surface area contributed by atoms with Crippen molar-refractivity contribution in [2.24, 2.45) is 0 Å². The molecular formula is C6H7ClO3. The summed E-state index contributed by atoms with van der Waals surface area (Å²) in [5.74, 6) is -0.334. The van der Waals surface area contributed by atoms with Crippen LogP contribution in [0.2, 0.25) is 0 Å². The molecule has 0 atom stereocenters. The number of aromatic carboxylic acids is 1. The molecule has 0 aliphatic rings. The number of hydrogen-bond acceptors (Lipinski definition) is 2. The van der Waals surface area contributed by atoms with Crippen LogP contribution >= 0.6 is 12.4 Å². The molecule has 0 saturated heterocycles. The van der Waals surface area contributed by atoms with Crippen LogP contribution in [-0.2, 0) is 0 Å².